The second kappa shape index (κ2) is 5.85. The van der Waals surface area contributed by atoms with Gasteiger partial charge in [0.1, 0.15) is 12.0 Å². The first-order valence-corrected chi connectivity index (χ1v) is 6.85. The molecule has 0 fully saturated rings. The molecule has 1 N–H and O–H groups in total. The number of benzene rings is 1. The summed E-state index contributed by atoms with van der Waals surface area (Å²) >= 11 is 5.91. The normalized spacial score (nSPS) is 11.7. The summed E-state index contributed by atoms with van der Waals surface area (Å²) in [5.41, 5.74) is 1.78. The van der Waals surface area contributed by atoms with Gasteiger partial charge in [-0.1, -0.05) is 11.6 Å². The van der Waals surface area contributed by atoms with Crippen molar-refractivity contribution in [2.24, 2.45) is 0 Å². The van der Waals surface area contributed by atoms with Crippen LogP contribution in [0.25, 0.3) is 0 Å². The molecule has 1 heterocycles. The van der Waals surface area contributed by atoms with E-state index < -0.39 is 0 Å². The maximum Gasteiger partial charge on any atom is 0.399 e. The Hall–Kier alpha value is -1.52. The summed E-state index contributed by atoms with van der Waals surface area (Å²) in [6, 6.07) is 5.41. The van der Waals surface area contributed by atoms with E-state index in [2.05, 4.69) is 31.1 Å². The van der Waals surface area contributed by atoms with Crippen LogP contribution in [0.3, 0.4) is 0 Å². The van der Waals surface area contributed by atoms with Gasteiger partial charge >= 0.3 is 6.08 Å². The molecule has 1 aromatic heterocycles. The SMILES string of the molecule is Cc1cc(Cl)ccc1Oc1nc(CNC(C)(C)C)co1. The summed E-state index contributed by atoms with van der Waals surface area (Å²) in [5, 5.41) is 4.02. The highest BCUT2D eigenvalue weighted by molar-refractivity contribution is 6.30. The zero-order valence-electron chi connectivity index (χ0n) is 12.2. The Morgan fingerprint density at radius 1 is 1.35 bits per heavy atom. The standard InChI is InChI=1S/C15H19ClN2O2/c1-10-7-11(16)5-6-13(10)20-14-18-12(9-19-14)8-17-15(2,3)4/h5-7,9,17H,8H2,1-4H3. The number of aryl methyl sites for hydroxylation is 1. The molecule has 5 heteroatoms. The van der Waals surface area contributed by atoms with E-state index in [1.165, 1.54) is 0 Å². The van der Waals surface area contributed by atoms with Crippen LogP contribution in [-0.4, -0.2) is 10.5 Å². The highest BCUT2D eigenvalue weighted by atomic mass is 35.5. The van der Waals surface area contributed by atoms with Crippen LogP contribution in [-0.2, 0) is 6.54 Å². The average molecular weight is 295 g/mol. The lowest BCUT2D eigenvalue weighted by molar-refractivity contribution is 0.329. The molecule has 0 amide bonds. The first-order valence-electron chi connectivity index (χ1n) is 6.47. The lowest BCUT2D eigenvalue weighted by Gasteiger charge is -2.19. The molecule has 0 aliphatic heterocycles. The molecule has 2 rings (SSSR count). The fourth-order valence-electron chi connectivity index (χ4n) is 1.59. The van der Waals surface area contributed by atoms with Crippen LogP contribution < -0.4 is 10.1 Å². The van der Waals surface area contributed by atoms with Crippen molar-refractivity contribution in [2.45, 2.75) is 39.8 Å². The minimum Gasteiger partial charge on any atom is -0.417 e. The number of rotatable bonds is 4. The minimum absolute atomic E-state index is 0.0345. The Balaban J connectivity index is 2.02. The van der Waals surface area contributed by atoms with Crippen molar-refractivity contribution in [3.63, 3.8) is 0 Å². The quantitative estimate of drug-likeness (QED) is 0.912. The van der Waals surface area contributed by atoms with Gasteiger partial charge in [-0.2, -0.15) is 4.98 Å². The molecule has 2 aromatic rings. The maximum atomic E-state index is 5.91. The van der Waals surface area contributed by atoms with Crippen molar-refractivity contribution in [2.75, 3.05) is 0 Å². The van der Waals surface area contributed by atoms with E-state index in [9.17, 15) is 0 Å². The van der Waals surface area contributed by atoms with Gasteiger partial charge in [0.2, 0.25) is 0 Å². The Morgan fingerprint density at radius 3 is 2.75 bits per heavy atom. The van der Waals surface area contributed by atoms with E-state index in [1.54, 1.807) is 18.4 Å². The third-order valence-corrected chi connectivity index (χ3v) is 2.90. The molecular weight excluding hydrogens is 276 g/mol. The van der Waals surface area contributed by atoms with Gasteiger partial charge in [-0.3, -0.25) is 0 Å². The van der Waals surface area contributed by atoms with E-state index in [0.717, 1.165) is 11.3 Å². The lowest BCUT2D eigenvalue weighted by atomic mass is 10.1. The molecule has 0 radical (unpaired) electrons. The second-order valence-electron chi connectivity index (χ2n) is 5.72. The molecule has 4 nitrogen and oxygen atoms in total. The number of halogens is 1. The van der Waals surface area contributed by atoms with Gasteiger partial charge in [-0.15, -0.1) is 0 Å². The van der Waals surface area contributed by atoms with Gasteiger partial charge in [-0.25, -0.2) is 0 Å². The Kier molecular flexibility index (Phi) is 4.35. The van der Waals surface area contributed by atoms with Crippen LogP contribution in [0.1, 0.15) is 32.0 Å². The maximum absolute atomic E-state index is 5.91. The van der Waals surface area contributed by atoms with E-state index in [0.29, 0.717) is 17.3 Å². The van der Waals surface area contributed by atoms with Crippen molar-refractivity contribution in [1.82, 2.24) is 10.3 Å². The molecule has 0 aliphatic carbocycles. The fraction of sp³-hybridized carbons (Fsp3) is 0.400. The van der Waals surface area contributed by atoms with E-state index in [1.807, 2.05) is 13.0 Å². The molecule has 0 aliphatic rings. The summed E-state index contributed by atoms with van der Waals surface area (Å²) in [6.45, 7) is 8.85. The first-order chi connectivity index (χ1) is 9.33. The van der Waals surface area contributed by atoms with Crippen LogP contribution in [0.15, 0.2) is 28.9 Å². The van der Waals surface area contributed by atoms with Crippen molar-refractivity contribution < 1.29 is 9.15 Å². The summed E-state index contributed by atoms with van der Waals surface area (Å²) in [7, 11) is 0. The van der Waals surface area contributed by atoms with Gasteiger partial charge in [0.25, 0.3) is 0 Å². The molecule has 20 heavy (non-hydrogen) atoms. The molecule has 0 spiro atoms. The molecule has 0 unspecified atom stereocenters. The van der Waals surface area contributed by atoms with E-state index in [4.69, 9.17) is 20.8 Å². The first kappa shape index (κ1) is 14.9. The average Bonchev–Trinajstić information content (AvgIpc) is 2.77. The Morgan fingerprint density at radius 2 is 2.10 bits per heavy atom. The van der Waals surface area contributed by atoms with Crippen LogP contribution in [0.4, 0.5) is 0 Å². The number of aromatic nitrogens is 1. The van der Waals surface area contributed by atoms with Crippen molar-refractivity contribution in [1.29, 1.82) is 0 Å². The molecule has 0 atom stereocenters. The van der Waals surface area contributed by atoms with Crippen LogP contribution >= 0.6 is 11.6 Å². The van der Waals surface area contributed by atoms with E-state index in [-0.39, 0.29) is 11.6 Å². The topological polar surface area (TPSA) is 47.3 Å². The zero-order chi connectivity index (χ0) is 14.8. The third kappa shape index (κ3) is 4.25. The number of ether oxygens (including phenoxy) is 1. The molecule has 0 bridgehead atoms. The Labute approximate surface area is 124 Å². The number of nitrogens with one attached hydrogen (secondary N) is 1. The largest absolute Gasteiger partial charge is 0.417 e. The second-order valence-corrected chi connectivity index (χ2v) is 6.16. The van der Waals surface area contributed by atoms with Gasteiger partial charge in [0.15, 0.2) is 0 Å². The van der Waals surface area contributed by atoms with Gasteiger partial charge in [-0.05, 0) is 51.5 Å². The smallest absolute Gasteiger partial charge is 0.399 e. The number of hydrogen-bond acceptors (Lipinski definition) is 4. The third-order valence-electron chi connectivity index (χ3n) is 2.66. The van der Waals surface area contributed by atoms with Crippen LogP contribution in [0, 0.1) is 6.92 Å². The van der Waals surface area contributed by atoms with Crippen molar-refractivity contribution in [3.05, 3.63) is 40.7 Å². The highest BCUT2D eigenvalue weighted by Crippen LogP contribution is 2.26. The highest BCUT2D eigenvalue weighted by Gasteiger charge is 2.12. The number of nitrogens with zero attached hydrogens (tertiary/aromatic N) is 1. The van der Waals surface area contributed by atoms with Crippen molar-refractivity contribution >= 4 is 11.6 Å². The minimum atomic E-state index is 0.0345. The van der Waals surface area contributed by atoms with Crippen molar-refractivity contribution in [3.8, 4) is 11.8 Å². The molecule has 108 valence electrons. The molecule has 0 saturated carbocycles. The molecule has 0 saturated heterocycles. The van der Waals surface area contributed by atoms with Gasteiger partial charge in [0.05, 0.1) is 5.69 Å². The molecular formula is C15H19ClN2O2. The van der Waals surface area contributed by atoms with Crippen LogP contribution in [0.2, 0.25) is 5.02 Å². The predicted octanol–water partition coefficient (Wildman–Crippen LogP) is 4.32. The van der Waals surface area contributed by atoms with Gasteiger partial charge in [0, 0.05) is 17.1 Å². The summed E-state index contributed by atoms with van der Waals surface area (Å²) in [6.07, 6.45) is 1.83. The fourth-order valence-corrected chi connectivity index (χ4v) is 1.82. The zero-order valence-corrected chi connectivity index (χ0v) is 12.9. The lowest BCUT2D eigenvalue weighted by Crippen LogP contribution is -2.35. The predicted molar refractivity (Wildman–Crippen MR) is 79.4 cm³/mol. The molecule has 1 aromatic carbocycles. The number of oxazole rings is 1. The number of hydrogen-bond donors (Lipinski definition) is 1. The summed E-state index contributed by atoms with van der Waals surface area (Å²) in [4.78, 5) is 4.29. The summed E-state index contributed by atoms with van der Waals surface area (Å²) in [5.74, 6) is 0.687. The Bertz CT molecular complexity index is 588. The van der Waals surface area contributed by atoms with Gasteiger partial charge < -0.3 is 14.5 Å². The summed E-state index contributed by atoms with van der Waals surface area (Å²) < 4.78 is 10.9. The van der Waals surface area contributed by atoms with Crippen LogP contribution in [0.5, 0.6) is 11.8 Å². The monoisotopic (exact) mass is 294 g/mol. The van der Waals surface area contributed by atoms with E-state index >= 15 is 0 Å².